The van der Waals surface area contributed by atoms with Gasteiger partial charge in [0.15, 0.2) is 0 Å². The molecule has 3 rings (SSSR count). The molecule has 1 aromatic heterocycles. The molecule has 0 radical (unpaired) electrons. The molecule has 2 heterocycles. The van der Waals surface area contributed by atoms with Gasteiger partial charge in [-0.15, -0.1) is 0 Å². The Balaban J connectivity index is 1.67. The second-order valence-corrected chi connectivity index (χ2v) is 5.01. The SMILES string of the molecule is Brc1ccc(-c2ccc(CNC3=NCNN3)o2)cc1. The molecule has 3 N–H and O–H groups in total. The lowest BCUT2D eigenvalue weighted by Gasteiger charge is -2.03. The van der Waals surface area contributed by atoms with E-state index in [4.69, 9.17) is 4.42 Å². The molecule has 0 saturated carbocycles. The van der Waals surface area contributed by atoms with Gasteiger partial charge < -0.3 is 9.73 Å². The van der Waals surface area contributed by atoms with Gasteiger partial charge in [0.2, 0.25) is 5.96 Å². The van der Waals surface area contributed by atoms with Crippen molar-refractivity contribution in [2.24, 2.45) is 4.99 Å². The Morgan fingerprint density at radius 3 is 2.79 bits per heavy atom. The summed E-state index contributed by atoms with van der Waals surface area (Å²) < 4.78 is 6.85. The Bertz CT molecular complexity index is 591. The van der Waals surface area contributed by atoms with E-state index in [2.05, 4.69) is 37.1 Å². The third kappa shape index (κ3) is 2.97. The summed E-state index contributed by atoms with van der Waals surface area (Å²) in [5, 5.41) is 3.15. The lowest BCUT2D eigenvalue weighted by atomic mass is 10.2. The molecule has 98 valence electrons. The van der Waals surface area contributed by atoms with Crippen molar-refractivity contribution in [3.8, 4) is 11.3 Å². The van der Waals surface area contributed by atoms with Crippen LogP contribution < -0.4 is 16.2 Å². The van der Waals surface area contributed by atoms with Crippen LogP contribution in [0.4, 0.5) is 0 Å². The third-order valence-electron chi connectivity index (χ3n) is 2.74. The number of nitrogens with zero attached hydrogens (tertiary/aromatic N) is 1. The maximum atomic E-state index is 5.79. The van der Waals surface area contributed by atoms with Crippen LogP contribution >= 0.6 is 15.9 Å². The van der Waals surface area contributed by atoms with E-state index in [1.54, 1.807) is 0 Å². The molecular formula is C13H13BrN4O. The summed E-state index contributed by atoms with van der Waals surface area (Å²) in [7, 11) is 0. The highest BCUT2D eigenvalue weighted by molar-refractivity contribution is 9.10. The minimum absolute atomic E-state index is 0.588. The summed E-state index contributed by atoms with van der Waals surface area (Å²) in [5.74, 6) is 2.47. The molecule has 0 saturated heterocycles. The smallest absolute Gasteiger partial charge is 0.207 e. The van der Waals surface area contributed by atoms with Gasteiger partial charge >= 0.3 is 0 Å². The molecule has 0 aliphatic carbocycles. The summed E-state index contributed by atoms with van der Waals surface area (Å²) in [6.07, 6.45) is 0. The van der Waals surface area contributed by atoms with Crippen LogP contribution in [0.2, 0.25) is 0 Å². The van der Waals surface area contributed by atoms with Crippen LogP contribution in [0.3, 0.4) is 0 Å². The van der Waals surface area contributed by atoms with Gasteiger partial charge in [-0.2, -0.15) is 0 Å². The fourth-order valence-electron chi connectivity index (χ4n) is 1.79. The fourth-order valence-corrected chi connectivity index (χ4v) is 2.06. The molecule has 0 unspecified atom stereocenters. The molecular weight excluding hydrogens is 308 g/mol. The lowest BCUT2D eigenvalue weighted by molar-refractivity contribution is 0.514. The van der Waals surface area contributed by atoms with Crippen molar-refractivity contribution in [1.29, 1.82) is 0 Å². The minimum atomic E-state index is 0.588. The largest absolute Gasteiger partial charge is 0.459 e. The van der Waals surface area contributed by atoms with E-state index >= 15 is 0 Å². The topological polar surface area (TPSA) is 61.6 Å². The minimum Gasteiger partial charge on any atom is -0.459 e. The first-order valence-electron chi connectivity index (χ1n) is 5.93. The van der Waals surface area contributed by atoms with Gasteiger partial charge in [-0.3, -0.25) is 5.43 Å². The van der Waals surface area contributed by atoms with Gasteiger partial charge in [0.25, 0.3) is 0 Å². The van der Waals surface area contributed by atoms with Gasteiger partial charge in [0.1, 0.15) is 18.2 Å². The quantitative estimate of drug-likeness (QED) is 0.811. The van der Waals surface area contributed by atoms with Crippen LogP contribution in [0.1, 0.15) is 5.76 Å². The standard InChI is InChI=1S/C13H13BrN4O/c14-10-3-1-9(2-4-10)12-6-5-11(19-12)7-15-13-16-8-17-18-13/h1-6,17H,7-8H2,(H2,15,16,18). The molecule has 1 aliphatic rings. The summed E-state index contributed by atoms with van der Waals surface area (Å²) in [6.45, 7) is 1.19. The number of hydrazine groups is 1. The number of nitrogens with one attached hydrogen (secondary N) is 3. The number of rotatable bonds is 3. The Morgan fingerprint density at radius 2 is 2.05 bits per heavy atom. The van der Waals surface area contributed by atoms with Crippen LogP contribution in [0.15, 0.2) is 50.3 Å². The molecule has 1 aromatic carbocycles. The Hall–Kier alpha value is -1.79. The van der Waals surface area contributed by atoms with E-state index in [1.807, 2.05) is 36.4 Å². The van der Waals surface area contributed by atoms with Crippen molar-refractivity contribution in [3.05, 3.63) is 46.6 Å². The summed E-state index contributed by atoms with van der Waals surface area (Å²) in [5.41, 5.74) is 6.87. The number of benzene rings is 1. The molecule has 0 fully saturated rings. The van der Waals surface area contributed by atoms with Crippen molar-refractivity contribution in [2.45, 2.75) is 6.54 Å². The van der Waals surface area contributed by atoms with Crippen molar-refractivity contribution in [1.82, 2.24) is 16.2 Å². The number of hydrogen-bond acceptors (Lipinski definition) is 5. The highest BCUT2D eigenvalue weighted by atomic mass is 79.9. The van der Waals surface area contributed by atoms with Gasteiger partial charge in [-0.1, -0.05) is 28.1 Å². The Morgan fingerprint density at radius 1 is 1.21 bits per heavy atom. The van der Waals surface area contributed by atoms with Gasteiger partial charge in [0, 0.05) is 10.0 Å². The third-order valence-corrected chi connectivity index (χ3v) is 3.27. The van der Waals surface area contributed by atoms with E-state index in [0.29, 0.717) is 13.2 Å². The van der Waals surface area contributed by atoms with Crippen molar-refractivity contribution < 1.29 is 4.42 Å². The van der Waals surface area contributed by atoms with Crippen LogP contribution in [0.25, 0.3) is 11.3 Å². The van der Waals surface area contributed by atoms with Crippen molar-refractivity contribution >= 4 is 21.9 Å². The molecule has 2 aromatic rings. The van der Waals surface area contributed by atoms with E-state index in [1.165, 1.54) is 0 Å². The predicted molar refractivity (Wildman–Crippen MR) is 77.3 cm³/mol. The Kier molecular flexibility index (Phi) is 3.52. The molecule has 1 aliphatic heterocycles. The van der Waals surface area contributed by atoms with Gasteiger partial charge in [0.05, 0.1) is 6.54 Å². The molecule has 0 bridgehead atoms. The van der Waals surface area contributed by atoms with E-state index < -0.39 is 0 Å². The summed E-state index contributed by atoms with van der Waals surface area (Å²) in [6, 6.07) is 12.0. The van der Waals surface area contributed by atoms with E-state index in [-0.39, 0.29) is 0 Å². The molecule has 5 nitrogen and oxygen atoms in total. The molecule has 0 amide bonds. The first-order chi connectivity index (χ1) is 9.31. The summed E-state index contributed by atoms with van der Waals surface area (Å²) in [4.78, 5) is 4.16. The highest BCUT2D eigenvalue weighted by Gasteiger charge is 2.07. The Labute approximate surface area is 119 Å². The zero-order chi connectivity index (χ0) is 13.1. The van der Waals surface area contributed by atoms with Crippen LogP contribution in [0.5, 0.6) is 0 Å². The summed E-state index contributed by atoms with van der Waals surface area (Å²) >= 11 is 3.42. The van der Waals surface area contributed by atoms with Crippen molar-refractivity contribution in [2.75, 3.05) is 6.67 Å². The number of hydrogen-bond donors (Lipinski definition) is 3. The predicted octanol–water partition coefficient (Wildman–Crippen LogP) is 2.22. The van der Waals surface area contributed by atoms with Crippen molar-refractivity contribution in [3.63, 3.8) is 0 Å². The lowest BCUT2D eigenvalue weighted by Crippen LogP contribution is -2.38. The highest BCUT2D eigenvalue weighted by Crippen LogP contribution is 2.23. The number of halogens is 1. The van der Waals surface area contributed by atoms with E-state index in [0.717, 1.165) is 27.5 Å². The monoisotopic (exact) mass is 320 g/mol. The maximum Gasteiger partial charge on any atom is 0.207 e. The average molecular weight is 321 g/mol. The second kappa shape index (κ2) is 5.46. The molecule has 19 heavy (non-hydrogen) atoms. The van der Waals surface area contributed by atoms with Gasteiger partial charge in [-0.05, 0) is 24.3 Å². The first-order valence-corrected chi connectivity index (χ1v) is 6.72. The van der Waals surface area contributed by atoms with Gasteiger partial charge in [-0.25, -0.2) is 10.4 Å². The zero-order valence-corrected chi connectivity index (χ0v) is 11.7. The maximum absolute atomic E-state index is 5.79. The van der Waals surface area contributed by atoms with E-state index in [9.17, 15) is 0 Å². The second-order valence-electron chi connectivity index (χ2n) is 4.09. The first kappa shape index (κ1) is 12.3. The van der Waals surface area contributed by atoms with Crippen LogP contribution in [0, 0.1) is 0 Å². The van der Waals surface area contributed by atoms with Crippen LogP contribution in [-0.4, -0.2) is 12.6 Å². The zero-order valence-electron chi connectivity index (χ0n) is 10.1. The molecule has 0 atom stereocenters. The molecule has 6 heteroatoms. The number of aliphatic imine (C=N–C) groups is 1. The number of guanidine groups is 1. The fraction of sp³-hybridized carbons (Fsp3) is 0.154. The average Bonchev–Trinajstić information content (AvgIpc) is 3.09. The molecule has 0 spiro atoms. The number of furan rings is 1. The van der Waals surface area contributed by atoms with Crippen LogP contribution in [-0.2, 0) is 6.54 Å². The normalized spacial score (nSPS) is 14.1.